The number of rotatable bonds is 15. The maximum atomic E-state index is 5.51. The lowest BCUT2D eigenvalue weighted by atomic mass is 9.78. The van der Waals surface area contributed by atoms with E-state index in [4.69, 9.17) is 4.74 Å². The van der Waals surface area contributed by atoms with Crippen molar-refractivity contribution in [1.82, 2.24) is 0 Å². The van der Waals surface area contributed by atoms with E-state index in [-0.39, 0.29) is 0 Å². The van der Waals surface area contributed by atoms with Gasteiger partial charge in [-0.3, -0.25) is 0 Å². The summed E-state index contributed by atoms with van der Waals surface area (Å²) >= 11 is 0. The number of benzene rings is 2. The van der Waals surface area contributed by atoms with E-state index in [0.717, 1.165) is 18.3 Å². The number of ether oxygens (including phenoxy) is 1. The van der Waals surface area contributed by atoms with E-state index in [1.165, 1.54) is 92.9 Å². The van der Waals surface area contributed by atoms with Crippen molar-refractivity contribution in [3.63, 3.8) is 0 Å². The molecule has 0 spiro atoms. The molecule has 0 saturated heterocycles. The van der Waals surface area contributed by atoms with Crippen LogP contribution in [0.25, 0.3) is 0 Å². The molecular weight excluding hydrogens is 412 g/mol. The quantitative estimate of drug-likeness (QED) is 0.191. The van der Waals surface area contributed by atoms with E-state index in [1.807, 2.05) is 0 Å². The Hall–Kier alpha value is -2.12. The van der Waals surface area contributed by atoms with Crippen LogP contribution in [0.4, 0.5) is 0 Å². The smallest absolute Gasteiger partial charge is 0.0721 e. The standard InChI is InChI=1S/C33H46O/c1-3-5-6-9-28-12-16-31(17-13-28)20-21-32-18-14-29(15-19-32)10-7-8-11-30-22-24-33(25-23-30)27-34-26-4-2/h3-5,14-15,18-19,22-25,28,31H,2,6-13,16-17,20-21,26-27H2,1H3/t28-,31-. The van der Waals surface area contributed by atoms with E-state index >= 15 is 0 Å². The van der Waals surface area contributed by atoms with Gasteiger partial charge in [-0.1, -0.05) is 92.4 Å². The van der Waals surface area contributed by atoms with E-state index in [1.54, 1.807) is 6.08 Å². The van der Waals surface area contributed by atoms with Crippen LogP contribution in [0.2, 0.25) is 0 Å². The van der Waals surface area contributed by atoms with E-state index in [2.05, 4.69) is 74.2 Å². The first-order valence-electron chi connectivity index (χ1n) is 13.7. The maximum Gasteiger partial charge on any atom is 0.0721 e. The molecule has 0 atom stereocenters. The SMILES string of the molecule is C=CCOCc1ccc(CCCCc2ccc(CC[C@H]3CC[C@H](CCC=CC)CC3)cc2)cc1. The van der Waals surface area contributed by atoms with Crippen LogP contribution in [0, 0.1) is 11.8 Å². The molecule has 1 nitrogen and oxygen atoms in total. The Kier molecular flexibility index (Phi) is 12.2. The molecule has 1 aliphatic rings. The molecule has 0 unspecified atom stereocenters. The fourth-order valence-electron chi connectivity index (χ4n) is 5.27. The van der Waals surface area contributed by atoms with Crippen molar-refractivity contribution in [3.05, 3.63) is 95.6 Å². The molecule has 184 valence electrons. The molecule has 1 aliphatic carbocycles. The summed E-state index contributed by atoms with van der Waals surface area (Å²) in [7, 11) is 0. The highest BCUT2D eigenvalue weighted by Gasteiger charge is 2.20. The Labute approximate surface area is 209 Å². The summed E-state index contributed by atoms with van der Waals surface area (Å²) in [6, 6.07) is 18.4. The Bertz CT molecular complexity index is 822. The van der Waals surface area contributed by atoms with Crippen molar-refractivity contribution in [3.8, 4) is 0 Å². The Morgan fingerprint density at radius 1 is 0.735 bits per heavy atom. The molecule has 34 heavy (non-hydrogen) atoms. The average molecular weight is 459 g/mol. The van der Waals surface area contributed by atoms with Gasteiger partial charge in [-0.05, 0) is 92.4 Å². The molecule has 0 amide bonds. The third-order valence-electron chi connectivity index (χ3n) is 7.52. The van der Waals surface area contributed by atoms with Crippen molar-refractivity contribution >= 4 is 0 Å². The zero-order chi connectivity index (χ0) is 23.8. The van der Waals surface area contributed by atoms with Crippen LogP contribution in [-0.2, 0) is 30.6 Å². The highest BCUT2D eigenvalue weighted by atomic mass is 16.5. The summed E-state index contributed by atoms with van der Waals surface area (Å²) in [5.41, 5.74) is 5.67. The number of unbranched alkanes of at least 4 members (excludes halogenated alkanes) is 1. The van der Waals surface area contributed by atoms with Crippen molar-refractivity contribution in [1.29, 1.82) is 0 Å². The fraction of sp³-hybridized carbons (Fsp3) is 0.515. The van der Waals surface area contributed by atoms with Crippen LogP contribution in [0.15, 0.2) is 73.3 Å². The van der Waals surface area contributed by atoms with Crippen molar-refractivity contribution in [2.24, 2.45) is 11.8 Å². The lowest BCUT2D eigenvalue weighted by Gasteiger charge is -2.28. The largest absolute Gasteiger partial charge is 0.373 e. The first kappa shape index (κ1) is 26.5. The van der Waals surface area contributed by atoms with E-state index in [0.29, 0.717) is 13.2 Å². The maximum absolute atomic E-state index is 5.51. The lowest BCUT2D eigenvalue weighted by molar-refractivity contribution is 0.149. The highest BCUT2D eigenvalue weighted by molar-refractivity contribution is 5.24. The molecule has 0 radical (unpaired) electrons. The van der Waals surface area contributed by atoms with Gasteiger partial charge in [0, 0.05) is 0 Å². The van der Waals surface area contributed by atoms with E-state index < -0.39 is 0 Å². The Morgan fingerprint density at radius 3 is 1.76 bits per heavy atom. The molecule has 2 aromatic carbocycles. The first-order valence-corrected chi connectivity index (χ1v) is 13.7. The summed E-state index contributed by atoms with van der Waals surface area (Å²) < 4.78 is 5.51. The molecule has 2 aromatic rings. The summed E-state index contributed by atoms with van der Waals surface area (Å²) in [6.07, 6.45) is 22.3. The number of hydrogen-bond donors (Lipinski definition) is 0. The molecule has 1 fully saturated rings. The molecule has 1 saturated carbocycles. The van der Waals surface area contributed by atoms with Crippen LogP contribution >= 0.6 is 0 Å². The predicted molar refractivity (Wildman–Crippen MR) is 147 cm³/mol. The average Bonchev–Trinajstić information content (AvgIpc) is 2.88. The minimum absolute atomic E-state index is 0.612. The monoisotopic (exact) mass is 458 g/mol. The van der Waals surface area contributed by atoms with Gasteiger partial charge >= 0.3 is 0 Å². The second-order valence-electron chi connectivity index (χ2n) is 10.2. The lowest BCUT2D eigenvalue weighted by Crippen LogP contribution is -2.15. The highest BCUT2D eigenvalue weighted by Crippen LogP contribution is 2.34. The fourth-order valence-corrected chi connectivity index (χ4v) is 5.27. The van der Waals surface area contributed by atoms with Crippen LogP contribution < -0.4 is 0 Å². The Balaban J connectivity index is 1.27. The summed E-state index contributed by atoms with van der Waals surface area (Å²) in [5, 5.41) is 0. The van der Waals surface area contributed by atoms with Gasteiger partial charge in [-0.25, -0.2) is 0 Å². The summed E-state index contributed by atoms with van der Waals surface area (Å²) in [4.78, 5) is 0. The van der Waals surface area contributed by atoms with Crippen LogP contribution in [0.3, 0.4) is 0 Å². The van der Waals surface area contributed by atoms with Gasteiger partial charge in [0.1, 0.15) is 0 Å². The van der Waals surface area contributed by atoms with Crippen molar-refractivity contribution in [2.45, 2.75) is 90.6 Å². The zero-order valence-electron chi connectivity index (χ0n) is 21.5. The van der Waals surface area contributed by atoms with Crippen molar-refractivity contribution in [2.75, 3.05) is 6.61 Å². The molecule has 1 heteroatoms. The summed E-state index contributed by atoms with van der Waals surface area (Å²) in [5.74, 6) is 1.93. The minimum atomic E-state index is 0.612. The van der Waals surface area contributed by atoms with Crippen LogP contribution in [0.1, 0.15) is 87.0 Å². The summed E-state index contributed by atoms with van der Waals surface area (Å²) in [6.45, 7) is 7.10. The Morgan fingerprint density at radius 2 is 1.24 bits per heavy atom. The van der Waals surface area contributed by atoms with Crippen LogP contribution in [-0.4, -0.2) is 6.61 Å². The molecule has 0 aromatic heterocycles. The minimum Gasteiger partial charge on any atom is -0.373 e. The molecule has 0 aliphatic heterocycles. The van der Waals surface area contributed by atoms with Crippen LogP contribution in [0.5, 0.6) is 0 Å². The molecule has 0 bridgehead atoms. The predicted octanol–water partition coefficient (Wildman–Crippen LogP) is 9.05. The topological polar surface area (TPSA) is 9.23 Å². The molecular formula is C33H46O. The second kappa shape index (κ2) is 15.7. The van der Waals surface area contributed by atoms with Gasteiger partial charge in [0.05, 0.1) is 13.2 Å². The first-order chi connectivity index (χ1) is 16.8. The van der Waals surface area contributed by atoms with Gasteiger partial charge in [0.15, 0.2) is 0 Å². The van der Waals surface area contributed by atoms with Gasteiger partial charge < -0.3 is 4.74 Å². The number of aryl methyl sites for hydroxylation is 3. The van der Waals surface area contributed by atoms with Gasteiger partial charge in [0.2, 0.25) is 0 Å². The number of hydrogen-bond acceptors (Lipinski definition) is 1. The van der Waals surface area contributed by atoms with Gasteiger partial charge in [0.25, 0.3) is 0 Å². The molecule has 3 rings (SSSR count). The molecule has 0 N–H and O–H groups in total. The normalized spacial score (nSPS) is 18.4. The zero-order valence-corrected chi connectivity index (χ0v) is 21.5. The second-order valence-corrected chi connectivity index (χ2v) is 10.2. The third kappa shape index (κ3) is 10.0. The number of allylic oxidation sites excluding steroid dienone is 2. The van der Waals surface area contributed by atoms with Crippen molar-refractivity contribution < 1.29 is 4.74 Å². The molecule has 0 heterocycles. The third-order valence-corrected chi connectivity index (χ3v) is 7.52. The van der Waals surface area contributed by atoms with Gasteiger partial charge in [-0.2, -0.15) is 0 Å². The van der Waals surface area contributed by atoms with E-state index in [9.17, 15) is 0 Å². The van der Waals surface area contributed by atoms with Gasteiger partial charge in [-0.15, -0.1) is 6.58 Å².